The van der Waals surface area contributed by atoms with Gasteiger partial charge in [0.2, 0.25) is 0 Å². The predicted molar refractivity (Wildman–Crippen MR) is 62.1 cm³/mol. The van der Waals surface area contributed by atoms with E-state index in [9.17, 15) is 18.0 Å². The molecule has 0 fully saturated rings. The van der Waals surface area contributed by atoms with E-state index >= 15 is 0 Å². The zero-order chi connectivity index (χ0) is 12.9. The quantitative estimate of drug-likeness (QED) is 0.463. The van der Waals surface area contributed by atoms with Gasteiger partial charge >= 0.3 is 6.18 Å². The van der Waals surface area contributed by atoms with E-state index in [4.69, 9.17) is 0 Å². The summed E-state index contributed by atoms with van der Waals surface area (Å²) in [6, 6.07) is 2.95. The lowest BCUT2D eigenvalue weighted by Crippen LogP contribution is -2.06. The summed E-state index contributed by atoms with van der Waals surface area (Å²) >= 11 is 3.18. The molecule has 0 saturated carbocycles. The lowest BCUT2D eigenvalue weighted by molar-refractivity contribution is -0.137. The first-order valence-corrected chi connectivity index (χ1v) is 5.82. The molecule has 0 saturated heterocycles. The third-order valence-electron chi connectivity index (χ3n) is 1.95. The fraction of sp³-hybridized carbons (Fsp3) is 0.250. The Morgan fingerprint density at radius 3 is 2.59 bits per heavy atom. The number of alkyl halides is 4. The second kappa shape index (κ2) is 5.87. The van der Waals surface area contributed by atoms with Crippen LogP contribution in [0.4, 0.5) is 13.2 Å². The van der Waals surface area contributed by atoms with Crippen LogP contribution in [0.15, 0.2) is 18.2 Å². The van der Waals surface area contributed by atoms with Gasteiger partial charge in [-0.1, -0.05) is 27.8 Å². The molecule has 5 heteroatoms. The summed E-state index contributed by atoms with van der Waals surface area (Å²) < 4.78 is 37.2. The fourth-order valence-corrected chi connectivity index (χ4v) is 1.35. The fourth-order valence-electron chi connectivity index (χ4n) is 1.16. The highest BCUT2D eigenvalue weighted by atomic mass is 79.9. The van der Waals surface area contributed by atoms with E-state index in [1.807, 2.05) is 0 Å². The van der Waals surface area contributed by atoms with Crippen LogP contribution in [0.1, 0.15) is 27.9 Å². The van der Waals surface area contributed by atoms with E-state index in [0.717, 1.165) is 12.1 Å². The highest BCUT2D eigenvalue weighted by molar-refractivity contribution is 9.09. The summed E-state index contributed by atoms with van der Waals surface area (Å²) in [5, 5.41) is 0.678. The van der Waals surface area contributed by atoms with E-state index in [2.05, 4.69) is 27.8 Å². The molecule has 17 heavy (non-hydrogen) atoms. The lowest BCUT2D eigenvalue weighted by Gasteiger charge is -2.07. The van der Waals surface area contributed by atoms with Crippen LogP contribution in [-0.4, -0.2) is 11.6 Å². The molecule has 0 radical (unpaired) electrons. The van der Waals surface area contributed by atoms with Crippen LogP contribution in [0.25, 0.3) is 0 Å². The Kier molecular flexibility index (Phi) is 4.76. The molecular weight excluding hydrogens is 297 g/mol. The van der Waals surface area contributed by atoms with Crippen molar-refractivity contribution in [2.24, 2.45) is 0 Å². The summed E-state index contributed by atoms with van der Waals surface area (Å²) in [4.78, 5) is 10.7. The van der Waals surface area contributed by atoms with Gasteiger partial charge < -0.3 is 0 Å². The first-order valence-electron chi connectivity index (χ1n) is 4.70. The highest BCUT2D eigenvalue weighted by Crippen LogP contribution is 2.30. The van der Waals surface area contributed by atoms with Gasteiger partial charge in [0.25, 0.3) is 0 Å². The number of carbonyl (C=O) groups is 1. The van der Waals surface area contributed by atoms with Gasteiger partial charge in [0.1, 0.15) is 0 Å². The molecule has 0 spiro atoms. The van der Waals surface area contributed by atoms with Gasteiger partial charge in [0.05, 0.1) is 5.56 Å². The van der Waals surface area contributed by atoms with Crippen molar-refractivity contribution in [3.05, 3.63) is 34.9 Å². The van der Waals surface area contributed by atoms with Crippen molar-refractivity contribution < 1.29 is 18.0 Å². The maximum absolute atomic E-state index is 12.4. The molecule has 1 aromatic carbocycles. The maximum atomic E-state index is 12.4. The van der Waals surface area contributed by atoms with E-state index in [0.29, 0.717) is 23.6 Å². The maximum Gasteiger partial charge on any atom is 0.416 e. The molecule has 0 aliphatic carbocycles. The predicted octanol–water partition coefficient (Wildman–Crippen LogP) is 3.65. The molecule has 0 amide bonds. The van der Waals surface area contributed by atoms with Gasteiger partial charge in [-0.15, -0.1) is 0 Å². The van der Waals surface area contributed by atoms with Crippen molar-refractivity contribution in [1.29, 1.82) is 0 Å². The first kappa shape index (κ1) is 13.8. The Labute approximate surface area is 105 Å². The zero-order valence-electron chi connectivity index (χ0n) is 8.64. The minimum atomic E-state index is -4.44. The third-order valence-corrected chi connectivity index (χ3v) is 2.34. The molecule has 0 heterocycles. The van der Waals surface area contributed by atoms with Gasteiger partial charge in [0, 0.05) is 22.9 Å². The second-order valence-corrected chi connectivity index (χ2v) is 3.95. The number of halogens is 4. The summed E-state index contributed by atoms with van der Waals surface area (Å²) in [5.74, 6) is 5.41. The SMILES string of the molecule is O=Cc1cc(C(F)(F)F)ccc1C#CCCBr. The Balaban J connectivity index is 3.12. The average Bonchev–Trinajstić information content (AvgIpc) is 2.28. The van der Waals surface area contributed by atoms with E-state index in [-0.39, 0.29) is 5.56 Å². The highest BCUT2D eigenvalue weighted by Gasteiger charge is 2.30. The molecular formula is C12H8BrF3O. The largest absolute Gasteiger partial charge is 0.416 e. The Hall–Kier alpha value is -1.28. The van der Waals surface area contributed by atoms with Crippen molar-refractivity contribution in [3.63, 3.8) is 0 Å². The van der Waals surface area contributed by atoms with Crippen LogP contribution in [0.2, 0.25) is 0 Å². The van der Waals surface area contributed by atoms with E-state index in [1.54, 1.807) is 0 Å². The van der Waals surface area contributed by atoms with Crippen LogP contribution in [0.3, 0.4) is 0 Å². The van der Waals surface area contributed by atoms with Crippen molar-refractivity contribution in [2.45, 2.75) is 12.6 Å². The molecule has 0 aliphatic heterocycles. The normalized spacial score (nSPS) is 10.6. The van der Waals surface area contributed by atoms with Crippen LogP contribution in [-0.2, 0) is 6.18 Å². The number of hydrogen-bond acceptors (Lipinski definition) is 1. The molecule has 1 rings (SSSR count). The Morgan fingerprint density at radius 1 is 1.35 bits per heavy atom. The van der Waals surface area contributed by atoms with Crippen LogP contribution >= 0.6 is 15.9 Å². The number of carbonyl (C=O) groups excluding carboxylic acids is 1. The van der Waals surface area contributed by atoms with E-state index < -0.39 is 11.7 Å². The molecule has 0 bridgehead atoms. The standard InChI is InChI=1S/C12H8BrF3O/c13-6-2-1-3-9-4-5-11(12(14,15)16)7-10(9)8-17/h4-5,7-8H,2,6H2. The van der Waals surface area contributed by atoms with Gasteiger partial charge in [-0.25, -0.2) is 0 Å². The number of hydrogen-bond donors (Lipinski definition) is 0. The zero-order valence-corrected chi connectivity index (χ0v) is 10.2. The smallest absolute Gasteiger partial charge is 0.298 e. The van der Waals surface area contributed by atoms with Crippen molar-refractivity contribution in [2.75, 3.05) is 5.33 Å². The van der Waals surface area contributed by atoms with Crippen LogP contribution in [0, 0.1) is 11.8 Å². The van der Waals surface area contributed by atoms with Crippen LogP contribution < -0.4 is 0 Å². The lowest BCUT2D eigenvalue weighted by atomic mass is 10.0. The van der Waals surface area contributed by atoms with Gasteiger partial charge in [-0.05, 0) is 18.2 Å². The van der Waals surface area contributed by atoms with Crippen molar-refractivity contribution >= 4 is 22.2 Å². The van der Waals surface area contributed by atoms with Gasteiger partial charge in [-0.2, -0.15) is 13.2 Å². The molecule has 1 nitrogen and oxygen atoms in total. The Bertz CT molecular complexity index is 469. The van der Waals surface area contributed by atoms with Crippen molar-refractivity contribution in [1.82, 2.24) is 0 Å². The van der Waals surface area contributed by atoms with E-state index in [1.165, 1.54) is 6.07 Å². The Morgan fingerprint density at radius 2 is 2.06 bits per heavy atom. The minimum absolute atomic E-state index is 0.0399. The summed E-state index contributed by atoms with van der Waals surface area (Å²) in [6.07, 6.45) is -3.49. The number of aldehydes is 1. The van der Waals surface area contributed by atoms with Gasteiger partial charge in [-0.3, -0.25) is 4.79 Å². The summed E-state index contributed by atoms with van der Waals surface area (Å²) in [7, 11) is 0. The number of benzene rings is 1. The second-order valence-electron chi connectivity index (χ2n) is 3.16. The molecule has 0 aliphatic rings. The van der Waals surface area contributed by atoms with Gasteiger partial charge in [0.15, 0.2) is 6.29 Å². The third kappa shape index (κ3) is 3.90. The molecule has 1 aromatic rings. The monoisotopic (exact) mass is 304 g/mol. The first-order chi connectivity index (χ1) is 7.99. The van der Waals surface area contributed by atoms with Crippen LogP contribution in [0.5, 0.6) is 0 Å². The molecule has 0 aromatic heterocycles. The summed E-state index contributed by atoms with van der Waals surface area (Å²) in [5.41, 5.74) is -0.568. The average molecular weight is 305 g/mol. The van der Waals surface area contributed by atoms with Crippen molar-refractivity contribution in [3.8, 4) is 11.8 Å². The number of rotatable bonds is 2. The molecule has 90 valence electrons. The topological polar surface area (TPSA) is 17.1 Å². The summed E-state index contributed by atoms with van der Waals surface area (Å²) in [6.45, 7) is 0. The molecule has 0 unspecified atom stereocenters. The molecule has 0 atom stereocenters. The minimum Gasteiger partial charge on any atom is -0.298 e. The molecule has 0 N–H and O–H groups in total.